The number of nitrogens with zero attached hydrogens (tertiary/aromatic N) is 2. The quantitative estimate of drug-likeness (QED) is 0.845. The van der Waals surface area contributed by atoms with E-state index in [1.807, 2.05) is 19.9 Å². The number of nitrogen functional groups attached to an aromatic ring is 1. The van der Waals surface area contributed by atoms with Gasteiger partial charge in [0.15, 0.2) is 0 Å². The topological polar surface area (TPSA) is 66.6 Å². The Morgan fingerprint density at radius 2 is 1.82 bits per heavy atom. The Morgan fingerprint density at radius 3 is 2.32 bits per heavy atom. The van der Waals surface area contributed by atoms with E-state index >= 15 is 0 Å². The second-order valence-electron chi connectivity index (χ2n) is 5.98. The van der Waals surface area contributed by atoms with Gasteiger partial charge in [0.2, 0.25) is 10.0 Å². The molecule has 1 saturated heterocycles. The van der Waals surface area contributed by atoms with E-state index in [1.54, 1.807) is 12.1 Å². The van der Waals surface area contributed by atoms with E-state index in [4.69, 9.17) is 5.73 Å². The fourth-order valence-corrected chi connectivity index (χ4v) is 4.44. The van der Waals surface area contributed by atoms with E-state index in [1.165, 1.54) is 4.31 Å². The molecule has 1 aliphatic rings. The molecule has 1 aromatic rings. The van der Waals surface area contributed by atoms with Crippen molar-refractivity contribution < 1.29 is 8.42 Å². The van der Waals surface area contributed by atoms with Gasteiger partial charge in [-0.25, -0.2) is 8.42 Å². The van der Waals surface area contributed by atoms with E-state index in [9.17, 15) is 8.42 Å². The number of piperidine rings is 1. The predicted molar refractivity (Wildman–Crippen MR) is 91.6 cm³/mol. The Kier molecular flexibility index (Phi) is 5.34. The molecule has 0 bridgehead atoms. The molecule has 0 atom stereocenters. The van der Waals surface area contributed by atoms with Gasteiger partial charge in [-0.1, -0.05) is 20.8 Å². The summed E-state index contributed by atoms with van der Waals surface area (Å²) in [6.45, 7) is 8.83. The predicted octanol–water partition coefficient (Wildman–Crippen LogP) is 2.54. The Bertz CT molecular complexity index is 604. The molecule has 0 aromatic heterocycles. The lowest BCUT2D eigenvalue weighted by Gasteiger charge is -2.33. The van der Waals surface area contributed by atoms with Gasteiger partial charge in [-0.15, -0.1) is 0 Å². The summed E-state index contributed by atoms with van der Waals surface area (Å²) in [6, 6.07) is 5.13. The Balaban J connectivity index is 2.26. The normalized spacial score (nSPS) is 17.2. The van der Waals surface area contributed by atoms with Crippen LogP contribution in [0.25, 0.3) is 0 Å². The molecule has 1 heterocycles. The van der Waals surface area contributed by atoms with Crippen molar-refractivity contribution in [2.75, 3.05) is 36.8 Å². The van der Waals surface area contributed by atoms with Crippen LogP contribution in [0, 0.1) is 5.92 Å². The van der Waals surface area contributed by atoms with E-state index in [0.717, 1.165) is 37.5 Å². The lowest BCUT2D eigenvalue weighted by atomic mass is 9.98. The van der Waals surface area contributed by atoms with Crippen LogP contribution >= 0.6 is 0 Å². The van der Waals surface area contributed by atoms with Gasteiger partial charge < -0.3 is 10.6 Å². The van der Waals surface area contributed by atoms with Crippen molar-refractivity contribution in [2.24, 2.45) is 5.92 Å². The monoisotopic (exact) mass is 325 g/mol. The number of hydrogen-bond acceptors (Lipinski definition) is 4. The zero-order valence-electron chi connectivity index (χ0n) is 13.7. The van der Waals surface area contributed by atoms with Crippen molar-refractivity contribution in [1.29, 1.82) is 0 Å². The first-order chi connectivity index (χ1) is 10.4. The molecule has 0 spiro atoms. The van der Waals surface area contributed by atoms with Crippen molar-refractivity contribution in [3.63, 3.8) is 0 Å². The lowest BCUT2D eigenvalue weighted by molar-refractivity contribution is 0.438. The minimum Gasteiger partial charge on any atom is -0.397 e. The molecule has 0 saturated carbocycles. The molecule has 2 N–H and O–H groups in total. The van der Waals surface area contributed by atoms with Crippen LogP contribution in [0.4, 0.5) is 11.4 Å². The molecule has 5 nitrogen and oxygen atoms in total. The van der Waals surface area contributed by atoms with Crippen LogP contribution in [0.2, 0.25) is 0 Å². The third kappa shape index (κ3) is 3.38. The highest BCUT2D eigenvalue weighted by Crippen LogP contribution is 2.30. The van der Waals surface area contributed by atoms with Crippen LogP contribution in [0.15, 0.2) is 23.1 Å². The van der Waals surface area contributed by atoms with E-state index in [2.05, 4.69) is 11.8 Å². The van der Waals surface area contributed by atoms with Crippen molar-refractivity contribution in [2.45, 2.75) is 38.5 Å². The van der Waals surface area contributed by atoms with Gasteiger partial charge in [-0.3, -0.25) is 0 Å². The van der Waals surface area contributed by atoms with Crippen LogP contribution in [0.5, 0.6) is 0 Å². The Morgan fingerprint density at radius 1 is 1.23 bits per heavy atom. The molecule has 0 amide bonds. The molecular formula is C16H27N3O2S. The first kappa shape index (κ1) is 17.1. The molecule has 1 fully saturated rings. The van der Waals surface area contributed by atoms with Crippen LogP contribution < -0.4 is 10.6 Å². The molecule has 22 heavy (non-hydrogen) atoms. The third-order valence-electron chi connectivity index (χ3n) is 4.47. The molecule has 0 radical (unpaired) electrons. The minimum atomic E-state index is -3.45. The lowest BCUT2D eigenvalue weighted by Crippen LogP contribution is -2.33. The fourth-order valence-electron chi connectivity index (χ4n) is 2.94. The zero-order chi connectivity index (χ0) is 16.3. The van der Waals surface area contributed by atoms with Crippen molar-refractivity contribution in [3.05, 3.63) is 18.2 Å². The first-order valence-corrected chi connectivity index (χ1v) is 9.48. The Labute approximate surface area is 134 Å². The average Bonchev–Trinajstić information content (AvgIpc) is 2.49. The second kappa shape index (κ2) is 6.87. The fraction of sp³-hybridized carbons (Fsp3) is 0.625. The van der Waals surface area contributed by atoms with Gasteiger partial charge in [-0.05, 0) is 37.0 Å². The smallest absolute Gasteiger partial charge is 0.243 e. The van der Waals surface area contributed by atoms with Gasteiger partial charge in [0.05, 0.1) is 16.3 Å². The summed E-state index contributed by atoms with van der Waals surface area (Å²) in [5.41, 5.74) is 7.64. The standard InChI is InChI=1S/C16H27N3O2S/c1-4-19(5-2)22(20,21)14-6-7-16(15(17)12-14)18-10-8-13(3)9-11-18/h6-7,12-13H,4-5,8-11,17H2,1-3H3. The van der Waals surface area contributed by atoms with Crippen LogP contribution in [-0.4, -0.2) is 38.9 Å². The summed E-state index contributed by atoms with van der Waals surface area (Å²) in [5, 5.41) is 0. The van der Waals surface area contributed by atoms with Gasteiger partial charge >= 0.3 is 0 Å². The molecular weight excluding hydrogens is 298 g/mol. The summed E-state index contributed by atoms with van der Waals surface area (Å²) in [5.74, 6) is 0.750. The molecule has 0 aliphatic carbocycles. The van der Waals surface area contributed by atoms with Crippen molar-refractivity contribution in [1.82, 2.24) is 4.31 Å². The van der Waals surface area contributed by atoms with Gasteiger partial charge in [0.1, 0.15) is 0 Å². The second-order valence-corrected chi connectivity index (χ2v) is 7.92. The maximum Gasteiger partial charge on any atom is 0.243 e. The summed E-state index contributed by atoms with van der Waals surface area (Å²) in [6.07, 6.45) is 2.30. The molecule has 0 unspecified atom stereocenters. The van der Waals surface area contributed by atoms with E-state index in [0.29, 0.717) is 18.8 Å². The number of benzene rings is 1. The molecule has 6 heteroatoms. The maximum atomic E-state index is 12.5. The Hall–Kier alpha value is -1.27. The molecule has 1 aliphatic heterocycles. The van der Waals surface area contributed by atoms with Gasteiger partial charge in [0, 0.05) is 26.2 Å². The minimum absolute atomic E-state index is 0.280. The summed E-state index contributed by atoms with van der Waals surface area (Å²) in [7, 11) is -3.45. The number of rotatable bonds is 5. The molecule has 1 aromatic carbocycles. The first-order valence-electron chi connectivity index (χ1n) is 8.04. The largest absolute Gasteiger partial charge is 0.397 e. The van der Waals surface area contributed by atoms with E-state index < -0.39 is 10.0 Å². The van der Waals surface area contributed by atoms with Gasteiger partial charge in [0.25, 0.3) is 0 Å². The highest BCUT2D eigenvalue weighted by atomic mass is 32.2. The summed E-state index contributed by atoms with van der Waals surface area (Å²) < 4.78 is 26.5. The highest BCUT2D eigenvalue weighted by Gasteiger charge is 2.24. The summed E-state index contributed by atoms with van der Waals surface area (Å²) >= 11 is 0. The third-order valence-corrected chi connectivity index (χ3v) is 6.51. The number of anilines is 2. The highest BCUT2D eigenvalue weighted by molar-refractivity contribution is 7.89. The van der Waals surface area contributed by atoms with Crippen LogP contribution in [-0.2, 0) is 10.0 Å². The van der Waals surface area contributed by atoms with Crippen LogP contribution in [0.1, 0.15) is 33.6 Å². The average molecular weight is 325 g/mol. The van der Waals surface area contributed by atoms with Crippen molar-refractivity contribution in [3.8, 4) is 0 Å². The maximum absolute atomic E-state index is 12.5. The molecule has 2 rings (SSSR count). The summed E-state index contributed by atoms with van der Waals surface area (Å²) in [4.78, 5) is 2.53. The number of nitrogens with two attached hydrogens (primary N) is 1. The molecule has 124 valence electrons. The SMILES string of the molecule is CCN(CC)S(=O)(=O)c1ccc(N2CCC(C)CC2)c(N)c1. The van der Waals surface area contributed by atoms with Crippen LogP contribution in [0.3, 0.4) is 0 Å². The van der Waals surface area contributed by atoms with E-state index in [-0.39, 0.29) is 4.90 Å². The van der Waals surface area contributed by atoms with Gasteiger partial charge in [-0.2, -0.15) is 4.31 Å². The van der Waals surface area contributed by atoms with Crippen molar-refractivity contribution >= 4 is 21.4 Å². The number of sulfonamides is 1. The zero-order valence-corrected chi connectivity index (χ0v) is 14.6. The number of hydrogen-bond donors (Lipinski definition) is 1.